The first kappa shape index (κ1) is 12.9. The van der Waals surface area contributed by atoms with Crippen LogP contribution in [0.5, 0.6) is 0 Å². The Morgan fingerprint density at radius 2 is 2.05 bits per heavy atom. The molecular formula is C10H14N6O3. The Bertz CT molecular complexity index is 781. The smallest absolute Gasteiger partial charge is 0.332 e. The molecule has 1 atom stereocenters. The second-order valence-corrected chi connectivity index (χ2v) is 4.23. The molecule has 9 nitrogen and oxygen atoms in total. The molecule has 0 aliphatic carbocycles. The summed E-state index contributed by atoms with van der Waals surface area (Å²) in [6, 6.07) is -0.555. The second-order valence-electron chi connectivity index (χ2n) is 4.23. The number of oxime groups is 1. The highest BCUT2D eigenvalue weighted by atomic mass is 16.4. The Labute approximate surface area is 107 Å². The topological polar surface area (TPSA) is 120 Å². The van der Waals surface area contributed by atoms with E-state index in [-0.39, 0.29) is 17.0 Å². The first-order valence-electron chi connectivity index (χ1n) is 5.50. The van der Waals surface area contributed by atoms with Crippen molar-refractivity contribution in [2.75, 3.05) is 0 Å². The van der Waals surface area contributed by atoms with Gasteiger partial charge < -0.3 is 15.5 Å². The van der Waals surface area contributed by atoms with Crippen LogP contribution in [0.2, 0.25) is 0 Å². The molecule has 0 amide bonds. The molecule has 0 bridgehead atoms. The van der Waals surface area contributed by atoms with Crippen LogP contribution in [-0.4, -0.2) is 29.7 Å². The molecule has 2 aromatic heterocycles. The van der Waals surface area contributed by atoms with Crippen LogP contribution in [0, 0.1) is 0 Å². The molecule has 0 radical (unpaired) electrons. The fourth-order valence-corrected chi connectivity index (χ4v) is 1.88. The van der Waals surface area contributed by atoms with Gasteiger partial charge in [-0.1, -0.05) is 5.16 Å². The molecule has 0 aromatic carbocycles. The van der Waals surface area contributed by atoms with Crippen molar-refractivity contribution in [3.8, 4) is 0 Å². The monoisotopic (exact) mass is 266 g/mol. The average Bonchev–Trinajstić information content (AvgIpc) is 2.85. The maximum atomic E-state index is 12.1. The average molecular weight is 266 g/mol. The normalized spacial score (nSPS) is 13.9. The highest BCUT2D eigenvalue weighted by molar-refractivity contribution is 5.85. The standard InChI is InChI=1S/C10H14N6O3/c1-5(7(11)13-19)16-4-12-8-6(16)9(17)15(3)10(18)14(8)2/h4-5,19H,1-3H3,(H2,11,13). The number of aromatic nitrogens is 4. The minimum atomic E-state index is -0.555. The lowest BCUT2D eigenvalue weighted by molar-refractivity contribution is 0.314. The number of nitrogens with zero attached hydrogens (tertiary/aromatic N) is 5. The Morgan fingerprint density at radius 1 is 1.42 bits per heavy atom. The van der Waals surface area contributed by atoms with Crippen molar-refractivity contribution >= 4 is 17.0 Å². The highest BCUT2D eigenvalue weighted by Gasteiger charge is 2.19. The molecule has 2 aromatic rings. The second kappa shape index (κ2) is 4.26. The van der Waals surface area contributed by atoms with Gasteiger partial charge >= 0.3 is 5.69 Å². The van der Waals surface area contributed by atoms with Crippen LogP contribution in [0.1, 0.15) is 13.0 Å². The number of aryl methyl sites for hydroxylation is 1. The molecule has 0 fully saturated rings. The van der Waals surface area contributed by atoms with E-state index in [1.807, 2.05) is 0 Å². The highest BCUT2D eigenvalue weighted by Crippen LogP contribution is 2.12. The summed E-state index contributed by atoms with van der Waals surface area (Å²) < 4.78 is 3.72. The molecule has 0 aliphatic rings. The lowest BCUT2D eigenvalue weighted by atomic mass is 10.3. The van der Waals surface area contributed by atoms with E-state index in [1.54, 1.807) is 6.92 Å². The Hall–Kier alpha value is -2.58. The minimum Gasteiger partial charge on any atom is -0.409 e. The fourth-order valence-electron chi connectivity index (χ4n) is 1.88. The van der Waals surface area contributed by atoms with E-state index in [0.29, 0.717) is 0 Å². The number of amidine groups is 1. The van der Waals surface area contributed by atoms with Crippen LogP contribution in [0.3, 0.4) is 0 Å². The summed E-state index contributed by atoms with van der Waals surface area (Å²) in [5.74, 6) is -0.0600. The van der Waals surface area contributed by atoms with E-state index >= 15 is 0 Å². The lowest BCUT2D eigenvalue weighted by Crippen LogP contribution is -2.38. The number of fused-ring (bicyclic) bond motifs is 1. The number of hydrogen-bond donors (Lipinski definition) is 2. The van der Waals surface area contributed by atoms with Gasteiger partial charge in [-0.25, -0.2) is 9.78 Å². The molecule has 0 saturated carbocycles. The zero-order valence-corrected chi connectivity index (χ0v) is 10.7. The summed E-state index contributed by atoms with van der Waals surface area (Å²) in [6.45, 7) is 1.65. The molecular weight excluding hydrogens is 252 g/mol. The van der Waals surface area contributed by atoms with E-state index in [9.17, 15) is 9.59 Å². The van der Waals surface area contributed by atoms with Gasteiger partial charge in [0, 0.05) is 14.1 Å². The third kappa shape index (κ3) is 1.70. The maximum absolute atomic E-state index is 12.1. The molecule has 102 valence electrons. The SMILES string of the molecule is CC(C(N)=NO)n1cnc2c1c(=O)n(C)c(=O)n2C. The van der Waals surface area contributed by atoms with Crippen molar-refractivity contribution in [1.82, 2.24) is 18.7 Å². The minimum absolute atomic E-state index is 0.0600. The molecule has 0 saturated heterocycles. The molecule has 19 heavy (non-hydrogen) atoms. The van der Waals surface area contributed by atoms with Crippen LogP contribution in [-0.2, 0) is 14.1 Å². The van der Waals surface area contributed by atoms with Crippen molar-refractivity contribution in [2.24, 2.45) is 25.0 Å². The lowest BCUT2D eigenvalue weighted by Gasteiger charge is -2.12. The van der Waals surface area contributed by atoms with Crippen LogP contribution in [0.15, 0.2) is 21.1 Å². The van der Waals surface area contributed by atoms with Crippen molar-refractivity contribution < 1.29 is 5.21 Å². The number of rotatable bonds is 2. The van der Waals surface area contributed by atoms with E-state index < -0.39 is 17.3 Å². The van der Waals surface area contributed by atoms with Crippen molar-refractivity contribution in [3.63, 3.8) is 0 Å². The van der Waals surface area contributed by atoms with E-state index in [0.717, 1.165) is 4.57 Å². The van der Waals surface area contributed by atoms with Gasteiger partial charge in [0.25, 0.3) is 5.56 Å². The third-order valence-corrected chi connectivity index (χ3v) is 3.13. The third-order valence-electron chi connectivity index (χ3n) is 3.13. The fraction of sp³-hybridized carbons (Fsp3) is 0.400. The first-order chi connectivity index (χ1) is 8.90. The van der Waals surface area contributed by atoms with Gasteiger partial charge in [0.15, 0.2) is 17.0 Å². The zero-order valence-electron chi connectivity index (χ0n) is 10.7. The molecule has 1 unspecified atom stereocenters. The Balaban J connectivity index is 2.88. The van der Waals surface area contributed by atoms with Crippen LogP contribution in [0.4, 0.5) is 0 Å². The summed E-state index contributed by atoms with van der Waals surface area (Å²) in [4.78, 5) is 27.9. The quantitative estimate of drug-likeness (QED) is 0.304. The molecule has 0 aliphatic heterocycles. The maximum Gasteiger partial charge on any atom is 0.332 e. The van der Waals surface area contributed by atoms with Gasteiger partial charge in [0.05, 0.1) is 12.4 Å². The van der Waals surface area contributed by atoms with Gasteiger partial charge in [-0.2, -0.15) is 0 Å². The van der Waals surface area contributed by atoms with Gasteiger partial charge in [-0.05, 0) is 6.92 Å². The molecule has 3 N–H and O–H groups in total. The summed E-state index contributed by atoms with van der Waals surface area (Å²) in [7, 11) is 2.91. The van der Waals surface area contributed by atoms with Crippen molar-refractivity contribution in [1.29, 1.82) is 0 Å². The van der Waals surface area contributed by atoms with E-state index in [1.165, 1.54) is 29.6 Å². The van der Waals surface area contributed by atoms with Crippen LogP contribution < -0.4 is 17.0 Å². The Kier molecular flexibility index (Phi) is 2.89. The number of hydrogen-bond acceptors (Lipinski definition) is 5. The zero-order chi connectivity index (χ0) is 14.3. The summed E-state index contributed by atoms with van der Waals surface area (Å²) in [5.41, 5.74) is 5.07. The van der Waals surface area contributed by atoms with Gasteiger partial charge in [0.2, 0.25) is 0 Å². The van der Waals surface area contributed by atoms with Crippen LogP contribution >= 0.6 is 0 Å². The molecule has 9 heteroatoms. The van der Waals surface area contributed by atoms with E-state index in [4.69, 9.17) is 10.9 Å². The van der Waals surface area contributed by atoms with Gasteiger partial charge in [0.1, 0.15) is 0 Å². The van der Waals surface area contributed by atoms with Crippen molar-refractivity contribution in [3.05, 3.63) is 27.2 Å². The summed E-state index contributed by atoms with van der Waals surface area (Å²) >= 11 is 0. The van der Waals surface area contributed by atoms with Gasteiger partial charge in [-0.3, -0.25) is 13.9 Å². The predicted octanol–water partition coefficient (Wildman–Crippen LogP) is -1.26. The molecule has 2 rings (SSSR count). The first-order valence-corrected chi connectivity index (χ1v) is 5.50. The largest absolute Gasteiger partial charge is 0.409 e. The van der Waals surface area contributed by atoms with E-state index in [2.05, 4.69) is 10.1 Å². The van der Waals surface area contributed by atoms with Gasteiger partial charge in [-0.15, -0.1) is 0 Å². The van der Waals surface area contributed by atoms with Crippen LogP contribution in [0.25, 0.3) is 11.2 Å². The van der Waals surface area contributed by atoms with Crippen molar-refractivity contribution in [2.45, 2.75) is 13.0 Å². The summed E-state index contributed by atoms with van der Waals surface area (Å²) in [5, 5.41) is 11.6. The molecule has 0 spiro atoms. The molecule has 2 heterocycles. The number of nitrogens with two attached hydrogens (primary N) is 1. The summed E-state index contributed by atoms with van der Waals surface area (Å²) in [6.07, 6.45) is 1.38. The Morgan fingerprint density at radius 3 is 2.63 bits per heavy atom. The number of imidazole rings is 1. The predicted molar refractivity (Wildman–Crippen MR) is 68.3 cm³/mol.